The first-order valence-electron chi connectivity index (χ1n) is 4.94. The molecule has 0 N–H and O–H groups in total. The SMILES string of the molecule is C#CC(C#Cc1cccc(OC)c1)OC(C)=O. The summed E-state index contributed by atoms with van der Waals surface area (Å²) in [5.74, 6) is 8.05. The number of terminal acetylenes is 1. The van der Waals surface area contributed by atoms with Gasteiger partial charge >= 0.3 is 5.97 Å². The van der Waals surface area contributed by atoms with Gasteiger partial charge in [-0.1, -0.05) is 12.0 Å². The minimum absolute atomic E-state index is 0.451. The van der Waals surface area contributed by atoms with Crippen molar-refractivity contribution in [2.24, 2.45) is 0 Å². The maximum atomic E-state index is 10.7. The Kier molecular flexibility index (Phi) is 4.66. The number of carbonyl (C=O) groups excluding carboxylic acids is 1. The molecule has 86 valence electrons. The lowest BCUT2D eigenvalue weighted by atomic mass is 10.2. The van der Waals surface area contributed by atoms with Crippen molar-refractivity contribution >= 4 is 5.97 Å². The Morgan fingerprint density at radius 2 is 2.24 bits per heavy atom. The Hall–Kier alpha value is -2.39. The summed E-state index contributed by atoms with van der Waals surface area (Å²) in [6.45, 7) is 1.29. The van der Waals surface area contributed by atoms with Gasteiger partial charge in [0.1, 0.15) is 5.75 Å². The van der Waals surface area contributed by atoms with Gasteiger partial charge in [0.05, 0.1) is 7.11 Å². The summed E-state index contributed by atoms with van der Waals surface area (Å²) in [5.41, 5.74) is 0.747. The lowest BCUT2D eigenvalue weighted by Gasteiger charge is -2.02. The number of methoxy groups -OCH3 is 1. The van der Waals surface area contributed by atoms with E-state index in [-0.39, 0.29) is 0 Å². The summed E-state index contributed by atoms with van der Waals surface area (Å²) in [6, 6.07) is 7.22. The van der Waals surface area contributed by atoms with E-state index in [9.17, 15) is 4.79 Å². The number of esters is 1. The second-order valence-corrected chi connectivity index (χ2v) is 3.16. The molecule has 0 aromatic heterocycles. The largest absolute Gasteiger partial charge is 0.497 e. The van der Waals surface area contributed by atoms with E-state index < -0.39 is 12.1 Å². The van der Waals surface area contributed by atoms with Crippen molar-refractivity contribution in [2.75, 3.05) is 7.11 Å². The van der Waals surface area contributed by atoms with E-state index in [0.717, 1.165) is 5.56 Å². The summed E-state index contributed by atoms with van der Waals surface area (Å²) >= 11 is 0. The van der Waals surface area contributed by atoms with Crippen LogP contribution in [-0.4, -0.2) is 19.2 Å². The van der Waals surface area contributed by atoms with Gasteiger partial charge in [0.15, 0.2) is 0 Å². The highest BCUT2D eigenvalue weighted by Crippen LogP contribution is 2.11. The van der Waals surface area contributed by atoms with Gasteiger partial charge in [-0.2, -0.15) is 0 Å². The van der Waals surface area contributed by atoms with Crippen molar-refractivity contribution in [3.8, 4) is 29.9 Å². The third kappa shape index (κ3) is 4.32. The molecule has 0 amide bonds. The van der Waals surface area contributed by atoms with Crippen molar-refractivity contribution < 1.29 is 14.3 Å². The second kappa shape index (κ2) is 6.25. The number of carbonyl (C=O) groups is 1. The van der Waals surface area contributed by atoms with Crippen LogP contribution in [0.4, 0.5) is 0 Å². The zero-order chi connectivity index (χ0) is 12.7. The molecule has 1 rings (SSSR count). The van der Waals surface area contributed by atoms with Crippen LogP contribution in [0.5, 0.6) is 5.75 Å². The van der Waals surface area contributed by atoms with Gasteiger partial charge in [-0.05, 0) is 30.0 Å². The van der Waals surface area contributed by atoms with Gasteiger partial charge in [-0.3, -0.25) is 4.79 Å². The second-order valence-electron chi connectivity index (χ2n) is 3.16. The first-order valence-corrected chi connectivity index (χ1v) is 4.94. The lowest BCUT2D eigenvalue weighted by Crippen LogP contribution is -2.11. The van der Waals surface area contributed by atoms with Gasteiger partial charge in [0.25, 0.3) is 0 Å². The van der Waals surface area contributed by atoms with Crippen molar-refractivity contribution in [1.82, 2.24) is 0 Å². The van der Waals surface area contributed by atoms with Crippen LogP contribution < -0.4 is 4.74 Å². The zero-order valence-electron chi connectivity index (χ0n) is 9.69. The maximum Gasteiger partial charge on any atom is 0.304 e. The molecule has 17 heavy (non-hydrogen) atoms. The van der Waals surface area contributed by atoms with E-state index in [2.05, 4.69) is 17.8 Å². The Bertz CT molecular complexity index is 500. The topological polar surface area (TPSA) is 35.5 Å². The highest BCUT2D eigenvalue weighted by Gasteiger charge is 2.02. The molecule has 0 aliphatic carbocycles. The van der Waals surface area contributed by atoms with Crippen LogP contribution in [0.25, 0.3) is 0 Å². The van der Waals surface area contributed by atoms with E-state index in [0.29, 0.717) is 5.75 Å². The van der Waals surface area contributed by atoms with E-state index in [1.54, 1.807) is 13.2 Å². The van der Waals surface area contributed by atoms with Gasteiger partial charge in [-0.15, -0.1) is 6.42 Å². The zero-order valence-corrected chi connectivity index (χ0v) is 9.69. The quantitative estimate of drug-likeness (QED) is 0.570. The summed E-state index contributed by atoms with van der Waals surface area (Å²) in [6.07, 6.45) is 4.37. The Morgan fingerprint density at radius 1 is 1.47 bits per heavy atom. The van der Waals surface area contributed by atoms with Crippen LogP contribution in [0.15, 0.2) is 24.3 Å². The lowest BCUT2D eigenvalue weighted by molar-refractivity contribution is -0.141. The van der Waals surface area contributed by atoms with Crippen molar-refractivity contribution in [3.63, 3.8) is 0 Å². The molecule has 0 radical (unpaired) electrons. The van der Waals surface area contributed by atoms with Crippen LogP contribution >= 0.6 is 0 Å². The third-order valence-electron chi connectivity index (χ3n) is 1.85. The monoisotopic (exact) mass is 228 g/mol. The summed E-state index contributed by atoms with van der Waals surface area (Å²) in [7, 11) is 1.58. The number of rotatable bonds is 2. The van der Waals surface area contributed by atoms with Crippen molar-refractivity contribution in [3.05, 3.63) is 29.8 Å². The predicted octanol–water partition coefficient (Wildman–Crippen LogP) is 1.61. The molecular weight excluding hydrogens is 216 g/mol. The maximum absolute atomic E-state index is 10.7. The Morgan fingerprint density at radius 3 is 2.82 bits per heavy atom. The van der Waals surface area contributed by atoms with Gasteiger partial charge in [0.2, 0.25) is 6.10 Å². The molecule has 1 unspecified atom stereocenters. The van der Waals surface area contributed by atoms with Gasteiger partial charge in [0, 0.05) is 12.5 Å². The van der Waals surface area contributed by atoms with E-state index in [4.69, 9.17) is 15.9 Å². The molecule has 3 heteroatoms. The van der Waals surface area contributed by atoms with Gasteiger partial charge < -0.3 is 9.47 Å². The smallest absolute Gasteiger partial charge is 0.304 e. The molecule has 0 saturated heterocycles. The molecule has 0 fully saturated rings. The number of hydrogen-bond acceptors (Lipinski definition) is 3. The summed E-state index contributed by atoms with van der Waals surface area (Å²) in [5, 5.41) is 0. The molecule has 0 aliphatic rings. The normalized spacial score (nSPS) is 10.4. The van der Waals surface area contributed by atoms with E-state index >= 15 is 0 Å². The molecule has 1 aromatic rings. The molecule has 0 spiro atoms. The number of hydrogen-bond donors (Lipinski definition) is 0. The fourth-order valence-corrected chi connectivity index (χ4v) is 1.12. The highest BCUT2D eigenvalue weighted by atomic mass is 16.5. The molecule has 3 nitrogen and oxygen atoms in total. The van der Waals surface area contributed by atoms with Crippen molar-refractivity contribution in [1.29, 1.82) is 0 Å². The Balaban J connectivity index is 2.82. The molecule has 1 aromatic carbocycles. The first kappa shape index (κ1) is 12.7. The summed E-state index contributed by atoms with van der Waals surface area (Å²) < 4.78 is 9.86. The predicted molar refractivity (Wildman–Crippen MR) is 64.3 cm³/mol. The van der Waals surface area contributed by atoms with E-state index in [1.807, 2.05) is 18.2 Å². The molecule has 1 atom stereocenters. The minimum Gasteiger partial charge on any atom is -0.497 e. The molecule has 0 aliphatic heterocycles. The fraction of sp³-hybridized carbons (Fsp3) is 0.214. The van der Waals surface area contributed by atoms with Crippen LogP contribution in [0.3, 0.4) is 0 Å². The molecule has 0 bridgehead atoms. The molecule has 0 heterocycles. The van der Waals surface area contributed by atoms with Gasteiger partial charge in [-0.25, -0.2) is 0 Å². The van der Waals surface area contributed by atoms with E-state index in [1.165, 1.54) is 6.92 Å². The first-order chi connectivity index (χ1) is 8.15. The van der Waals surface area contributed by atoms with Crippen LogP contribution in [0, 0.1) is 24.2 Å². The standard InChI is InChI=1S/C14H12O3/c1-4-13(17-11(2)15)9-8-12-6-5-7-14(10-12)16-3/h1,5-7,10,13H,2-3H3. The summed E-state index contributed by atoms with van der Waals surface area (Å²) in [4.78, 5) is 10.7. The average Bonchev–Trinajstić information content (AvgIpc) is 2.34. The highest BCUT2D eigenvalue weighted by molar-refractivity contribution is 5.67. The fourth-order valence-electron chi connectivity index (χ4n) is 1.12. The number of benzene rings is 1. The van der Waals surface area contributed by atoms with Crippen LogP contribution in [0.2, 0.25) is 0 Å². The Labute approximate surface area is 101 Å². The van der Waals surface area contributed by atoms with Crippen LogP contribution in [-0.2, 0) is 9.53 Å². The van der Waals surface area contributed by atoms with Crippen LogP contribution in [0.1, 0.15) is 12.5 Å². The average molecular weight is 228 g/mol. The van der Waals surface area contributed by atoms with Crippen molar-refractivity contribution in [2.45, 2.75) is 13.0 Å². The number of ether oxygens (including phenoxy) is 2. The molecule has 0 saturated carbocycles. The third-order valence-corrected chi connectivity index (χ3v) is 1.85. The molecular formula is C14H12O3. The minimum atomic E-state index is -0.821.